The number of aromatic amines is 1. The standard InChI is InChI=1S/C11H13N3O2/c1-7(2)6-14-8-4-3-5-12-9(8)13-10(15)11(14)16/h3-5,7H,6H2,1-2H3,(H,12,13,15). The second kappa shape index (κ2) is 3.92. The molecule has 0 atom stereocenters. The summed E-state index contributed by atoms with van der Waals surface area (Å²) in [6, 6.07) is 3.53. The Kier molecular flexibility index (Phi) is 2.60. The van der Waals surface area contributed by atoms with Gasteiger partial charge in [0.1, 0.15) is 0 Å². The summed E-state index contributed by atoms with van der Waals surface area (Å²) in [5.41, 5.74) is -0.0189. The van der Waals surface area contributed by atoms with Crippen LogP contribution in [0, 0.1) is 5.92 Å². The maximum absolute atomic E-state index is 11.7. The molecule has 1 N–H and O–H groups in total. The molecule has 0 fully saturated rings. The van der Waals surface area contributed by atoms with Crippen molar-refractivity contribution in [2.75, 3.05) is 0 Å². The predicted octanol–water partition coefficient (Wildman–Crippen LogP) is 0.741. The lowest BCUT2D eigenvalue weighted by Crippen LogP contribution is -2.37. The molecule has 0 amide bonds. The Hall–Kier alpha value is -1.91. The summed E-state index contributed by atoms with van der Waals surface area (Å²) < 4.78 is 1.48. The number of pyridine rings is 1. The lowest BCUT2D eigenvalue weighted by molar-refractivity contribution is 0.520. The first kappa shape index (κ1) is 10.6. The lowest BCUT2D eigenvalue weighted by Gasteiger charge is -2.10. The van der Waals surface area contributed by atoms with Crippen LogP contribution in [0.15, 0.2) is 27.9 Å². The van der Waals surface area contributed by atoms with Crippen molar-refractivity contribution in [1.29, 1.82) is 0 Å². The molecule has 0 aliphatic heterocycles. The Balaban J connectivity index is 2.82. The molecule has 0 spiro atoms. The fraction of sp³-hybridized carbons (Fsp3) is 0.364. The summed E-state index contributed by atoms with van der Waals surface area (Å²) in [6.45, 7) is 4.51. The molecule has 2 heterocycles. The van der Waals surface area contributed by atoms with Gasteiger partial charge in [0, 0.05) is 12.7 Å². The van der Waals surface area contributed by atoms with E-state index in [9.17, 15) is 9.59 Å². The number of rotatable bonds is 2. The molecular formula is C11H13N3O2. The Morgan fingerprint density at radius 1 is 1.44 bits per heavy atom. The SMILES string of the molecule is CC(C)Cn1c(=O)c(=O)[nH]c2ncccc21. The topological polar surface area (TPSA) is 67.8 Å². The molecule has 0 saturated heterocycles. The molecule has 84 valence electrons. The average Bonchev–Trinajstić information content (AvgIpc) is 2.24. The molecule has 2 aromatic rings. The first-order valence-corrected chi connectivity index (χ1v) is 5.17. The van der Waals surface area contributed by atoms with E-state index in [4.69, 9.17) is 0 Å². The van der Waals surface area contributed by atoms with Crippen LogP contribution in [-0.4, -0.2) is 14.5 Å². The Morgan fingerprint density at radius 3 is 2.88 bits per heavy atom. The fourth-order valence-electron chi connectivity index (χ4n) is 1.65. The fourth-order valence-corrected chi connectivity index (χ4v) is 1.65. The number of nitrogens with one attached hydrogen (secondary N) is 1. The lowest BCUT2D eigenvalue weighted by atomic mass is 10.2. The van der Waals surface area contributed by atoms with Crippen LogP contribution in [0.3, 0.4) is 0 Å². The largest absolute Gasteiger partial charge is 0.316 e. The van der Waals surface area contributed by atoms with Gasteiger partial charge in [0.15, 0.2) is 5.65 Å². The van der Waals surface area contributed by atoms with Crippen molar-refractivity contribution < 1.29 is 0 Å². The summed E-state index contributed by atoms with van der Waals surface area (Å²) in [4.78, 5) is 29.6. The summed E-state index contributed by atoms with van der Waals surface area (Å²) >= 11 is 0. The van der Waals surface area contributed by atoms with Gasteiger partial charge in [0.25, 0.3) is 0 Å². The number of fused-ring (bicyclic) bond motifs is 1. The van der Waals surface area contributed by atoms with Gasteiger partial charge in [-0.1, -0.05) is 13.8 Å². The van der Waals surface area contributed by atoms with Crippen LogP contribution in [-0.2, 0) is 6.54 Å². The molecular weight excluding hydrogens is 206 g/mol. The van der Waals surface area contributed by atoms with Gasteiger partial charge in [-0.2, -0.15) is 0 Å². The first-order valence-electron chi connectivity index (χ1n) is 5.17. The quantitative estimate of drug-likeness (QED) is 0.757. The molecule has 0 radical (unpaired) electrons. The zero-order valence-electron chi connectivity index (χ0n) is 9.23. The van der Waals surface area contributed by atoms with Gasteiger partial charge in [0.2, 0.25) is 0 Å². The van der Waals surface area contributed by atoms with Gasteiger partial charge < -0.3 is 9.55 Å². The average molecular weight is 219 g/mol. The third-order valence-electron chi connectivity index (χ3n) is 2.30. The minimum Gasteiger partial charge on any atom is -0.301 e. The third-order valence-corrected chi connectivity index (χ3v) is 2.30. The normalized spacial score (nSPS) is 11.2. The highest BCUT2D eigenvalue weighted by molar-refractivity contribution is 5.69. The van der Waals surface area contributed by atoms with Crippen molar-refractivity contribution in [3.05, 3.63) is 39.0 Å². The monoisotopic (exact) mass is 219 g/mol. The van der Waals surface area contributed by atoms with E-state index in [1.807, 2.05) is 13.8 Å². The van der Waals surface area contributed by atoms with Crippen LogP contribution in [0.4, 0.5) is 0 Å². The second-order valence-corrected chi connectivity index (χ2v) is 4.13. The molecule has 5 nitrogen and oxygen atoms in total. The van der Waals surface area contributed by atoms with Gasteiger partial charge in [-0.25, -0.2) is 4.98 Å². The number of hydrogen-bond donors (Lipinski definition) is 1. The highest BCUT2D eigenvalue weighted by Gasteiger charge is 2.08. The van der Waals surface area contributed by atoms with Crippen molar-refractivity contribution in [2.24, 2.45) is 5.92 Å². The Labute approximate surface area is 91.8 Å². The number of aromatic nitrogens is 3. The van der Waals surface area contributed by atoms with E-state index >= 15 is 0 Å². The number of H-pyrrole nitrogens is 1. The van der Waals surface area contributed by atoms with Crippen LogP contribution in [0.5, 0.6) is 0 Å². The van der Waals surface area contributed by atoms with E-state index < -0.39 is 11.1 Å². The van der Waals surface area contributed by atoms with Crippen LogP contribution < -0.4 is 11.1 Å². The van der Waals surface area contributed by atoms with Crippen molar-refractivity contribution >= 4 is 11.2 Å². The van der Waals surface area contributed by atoms with Crippen LogP contribution >= 0.6 is 0 Å². The zero-order valence-corrected chi connectivity index (χ0v) is 9.23. The van der Waals surface area contributed by atoms with Crippen molar-refractivity contribution in [1.82, 2.24) is 14.5 Å². The smallest absolute Gasteiger partial charge is 0.301 e. The molecule has 16 heavy (non-hydrogen) atoms. The van der Waals surface area contributed by atoms with Gasteiger partial charge in [-0.3, -0.25) is 9.59 Å². The van der Waals surface area contributed by atoms with E-state index in [1.54, 1.807) is 18.3 Å². The first-order chi connectivity index (χ1) is 7.59. The molecule has 0 aliphatic rings. The van der Waals surface area contributed by atoms with E-state index in [0.29, 0.717) is 23.6 Å². The molecule has 2 aromatic heterocycles. The van der Waals surface area contributed by atoms with E-state index in [1.165, 1.54) is 4.57 Å². The second-order valence-electron chi connectivity index (χ2n) is 4.13. The van der Waals surface area contributed by atoms with Gasteiger partial charge in [-0.15, -0.1) is 0 Å². The van der Waals surface area contributed by atoms with Crippen LogP contribution in [0.2, 0.25) is 0 Å². The maximum Gasteiger partial charge on any atom is 0.316 e. The van der Waals surface area contributed by atoms with E-state index in [0.717, 1.165) is 0 Å². The summed E-state index contributed by atoms with van der Waals surface area (Å²) in [7, 11) is 0. The minimum absolute atomic E-state index is 0.294. The molecule has 2 rings (SSSR count). The van der Waals surface area contributed by atoms with Gasteiger partial charge >= 0.3 is 11.1 Å². The third kappa shape index (κ3) is 1.76. The minimum atomic E-state index is -0.619. The highest BCUT2D eigenvalue weighted by atomic mass is 16.2. The number of hydrogen-bond acceptors (Lipinski definition) is 3. The van der Waals surface area contributed by atoms with Crippen LogP contribution in [0.25, 0.3) is 11.2 Å². The maximum atomic E-state index is 11.7. The summed E-state index contributed by atoms with van der Waals surface area (Å²) in [6.07, 6.45) is 1.59. The van der Waals surface area contributed by atoms with Crippen LogP contribution in [0.1, 0.15) is 13.8 Å². The van der Waals surface area contributed by atoms with Crippen molar-refractivity contribution in [3.8, 4) is 0 Å². The summed E-state index contributed by atoms with van der Waals surface area (Å²) in [5.74, 6) is 0.294. The number of nitrogens with zero attached hydrogens (tertiary/aromatic N) is 2. The molecule has 0 aromatic carbocycles. The Morgan fingerprint density at radius 2 is 2.19 bits per heavy atom. The molecule has 0 aliphatic carbocycles. The summed E-state index contributed by atoms with van der Waals surface area (Å²) in [5, 5.41) is 0. The Bertz CT molecular complexity index is 625. The van der Waals surface area contributed by atoms with Crippen molar-refractivity contribution in [2.45, 2.75) is 20.4 Å². The van der Waals surface area contributed by atoms with Gasteiger partial charge in [0.05, 0.1) is 5.52 Å². The molecule has 0 bridgehead atoms. The molecule has 5 heteroatoms. The van der Waals surface area contributed by atoms with E-state index in [2.05, 4.69) is 9.97 Å². The van der Waals surface area contributed by atoms with Gasteiger partial charge in [-0.05, 0) is 18.1 Å². The highest BCUT2D eigenvalue weighted by Crippen LogP contribution is 2.06. The van der Waals surface area contributed by atoms with E-state index in [-0.39, 0.29) is 0 Å². The predicted molar refractivity (Wildman–Crippen MR) is 61.5 cm³/mol. The van der Waals surface area contributed by atoms with Crippen molar-refractivity contribution in [3.63, 3.8) is 0 Å². The molecule has 0 unspecified atom stereocenters. The zero-order chi connectivity index (χ0) is 11.7. The molecule has 0 saturated carbocycles.